The summed E-state index contributed by atoms with van der Waals surface area (Å²) < 4.78 is 0. The van der Waals surface area contributed by atoms with E-state index in [9.17, 15) is 0 Å². The first-order valence-corrected chi connectivity index (χ1v) is 7.93. The molecule has 2 radical (unpaired) electrons. The molecule has 0 heterocycles. The molecule has 0 saturated heterocycles. The average molecular weight is 416 g/mol. The molecule has 0 spiro atoms. The van der Waals surface area contributed by atoms with Crippen molar-refractivity contribution in [2.45, 2.75) is 25.7 Å². The van der Waals surface area contributed by atoms with Crippen LogP contribution in [0.3, 0.4) is 0 Å². The van der Waals surface area contributed by atoms with Crippen LogP contribution in [0.25, 0.3) is 5.20 Å². The van der Waals surface area contributed by atoms with Crippen LogP contribution in [-0.4, -0.2) is 9.52 Å². The van der Waals surface area contributed by atoms with Crippen LogP contribution in [0, 0.1) is 6.08 Å². The summed E-state index contributed by atoms with van der Waals surface area (Å²) in [5, 5.41) is 2.80. The Morgan fingerprint density at radius 1 is 0.913 bits per heavy atom. The molecule has 118 valence electrons. The van der Waals surface area contributed by atoms with Gasteiger partial charge in [0, 0.05) is 0 Å². The maximum atomic E-state index is 3.73. The molecule has 0 saturated carbocycles. The van der Waals surface area contributed by atoms with Crippen molar-refractivity contribution >= 4 is 19.9 Å². The van der Waals surface area contributed by atoms with Crippen molar-refractivity contribution in [2.75, 3.05) is 0 Å². The van der Waals surface area contributed by atoms with E-state index < -0.39 is 0 Å². The fourth-order valence-electron chi connectivity index (χ4n) is 2.64. The summed E-state index contributed by atoms with van der Waals surface area (Å²) >= 11 is 0. The SMILES string of the molecule is CCCC1[C-]=C([Si]c2ccccc2)c2ccccc21.[Cl-].[Cl-].[Cl-].[Ti+4]. The van der Waals surface area contributed by atoms with Gasteiger partial charge >= 0.3 is 21.7 Å². The molecular weight excluding hydrogens is 399 g/mol. The molecule has 0 bridgehead atoms. The van der Waals surface area contributed by atoms with Crippen molar-refractivity contribution in [3.8, 4) is 0 Å². The Balaban J connectivity index is 0. The number of hydrogen-bond acceptors (Lipinski definition) is 0. The summed E-state index contributed by atoms with van der Waals surface area (Å²) in [7, 11) is 0.721. The molecule has 0 fully saturated rings. The maximum Gasteiger partial charge on any atom is 4.00 e. The Hall–Kier alpha value is -0.0188. The van der Waals surface area contributed by atoms with Crippen molar-refractivity contribution in [1.29, 1.82) is 0 Å². The number of fused-ring (bicyclic) bond motifs is 1. The first-order chi connectivity index (χ1) is 9.38. The first-order valence-electron chi connectivity index (χ1n) is 6.93. The first kappa shape index (κ1) is 25.2. The van der Waals surface area contributed by atoms with Crippen molar-refractivity contribution in [2.24, 2.45) is 0 Å². The molecule has 0 aromatic heterocycles. The second kappa shape index (κ2) is 12.4. The summed E-state index contributed by atoms with van der Waals surface area (Å²) in [6, 6.07) is 19.6. The largest absolute Gasteiger partial charge is 4.00 e. The summed E-state index contributed by atoms with van der Waals surface area (Å²) in [6.45, 7) is 2.25. The molecule has 0 N–H and O–H groups in total. The van der Waals surface area contributed by atoms with Gasteiger partial charge in [-0.2, -0.15) is 5.56 Å². The predicted molar refractivity (Wildman–Crippen MR) is 82.6 cm³/mol. The fraction of sp³-hybridized carbons (Fsp3) is 0.222. The zero-order chi connectivity index (χ0) is 13.1. The zero-order valence-corrected chi connectivity index (χ0v) is 17.7. The molecule has 1 unspecified atom stereocenters. The Labute approximate surface area is 175 Å². The van der Waals surface area contributed by atoms with E-state index in [1.165, 1.54) is 34.4 Å². The van der Waals surface area contributed by atoms with Crippen LogP contribution in [0.5, 0.6) is 0 Å². The third kappa shape index (κ3) is 6.08. The molecule has 3 rings (SSSR count). The van der Waals surface area contributed by atoms with E-state index in [4.69, 9.17) is 0 Å². The molecule has 5 heteroatoms. The van der Waals surface area contributed by atoms with Crippen LogP contribution in [0.1, 0.15) is 36.8 Å². The van der Waals surface area contributed by atoms with E-state index in [0.29, 0.717) is 5.92 Å². The normalized spacial score (nSPS) is 14.1. The van der Waals surface area contributed by atoms with E-state index in [1.54, 1.807) is 0 Å². The van der Waals surface area contributed by atoms with Gasteiger partial charge < -0.3 is 37.2 Å². The van der Waals surface area contributed by atoms with E-state index in [2.05, 4.69) is 67.6 Å². The average Bonchev–Trinajstić information content (AvgIpc) is 2.79. The maximum absolute atomic E-state index is 3.73. The van der Waals surface area contributed by atoms with Crippen LogP contribution < -0.4 is 42.4 Å². The van der Waals surface area contributed by atoms with Crippen LogP contribution in [0.2, 0.25) is 0 Å². The van der Waals surface area contributed by atoms with Crippen LogP contribution in [0.4, 0.5) is 0 Å². The van der Waals surface area contributed by atoms with Gasteiger partial charge in [-0.15, -0.1) is 11.6 Å². The monoisotopic (exact) mass is 414 g/mol. The summed E-state index contributed by atoms with van der Waals surface area (Å²) in [5.74, 6) is 0.507. The number of halogens is 3. The van der Waals surface area contributed by atoms with Crippen molar-refractivity contribution < 1.29 is 58.9 Å². The second-order valence-corrected chi connectivity index (χ2v) is 6.27. The minimum atomic E-state index is 0. The molecule has 0 aliphatic heterocycles. The van der Waals surface area contributed by atoms with E-state index >= 15 is 0 Å². The molecule has 0 amide bonds. The van der Waals surface area contributed by atoms with Gasteiger partial charge in [0.2, 0.25) is 0 Å². The Bertz CT molecular complexity index is 602. The zero-order valence-electron chi connectivity index (χ0n) is 12.8. The Kier molecular flexibility index (Phi) is 13.6. The van der Waals surface area contributed by atoms with E-state index in [-0.39, 0.29) is 58.9 Å². The number of hydrogen-bond donors (Lipinski definition) is 0. The predicted octanol–water partition coefficient (Wildman–Crippen LogP) is -5.23. The minimum absolute atomic E-state index is 0. The van der Waals surface area contributed by atoms with Crippen molar-refractivity contribution in [1.82, 2.24) is 0 Å². The molecule has 1 aliphatic rings. The fourth-order valence-corrected chi connectivity index (χ4v) is 3.90. The van der Waals surface area contributed by atoms with Gasteiger partial charge in [-0.1, -0.05) is 79.4 Å². The molecule has 1 aliphatic carbocycles. The molecular formula is C18H17Cl3SiTi. The molecule has 2 aromatic rings. The van der Waals surface area contributed by atoms with Crippen molar-refractivity contribution in [3.05, 3.63) is 71.8 Å². The van der Waals surface area contributed by atoms with E-state index in [1.807, 2.05) is 0 Å². The van der Waals surface area contributed by atoms with Gasteiger partial charge in [-0.05, 0) is 0 Å². The summed E-state index contributed by atoms with van der Waals surface area (Å²) in [4.78, 5) is 0. The van der Waals surface area contributed by atoms with Crippen molar-refractivity contribution in [3.63, 3.8) is 0 Å². The topological polar surface area (TPSA) is 0 Å². The standard InChI is InChI=1S/C18H17Si.3ClH.Ti/c1-2-8-14-13-18(17-12-7-6-11-16(14)17)19-15-9-4-3-5-10-15;;;;/h3-7,9-12,14H,2,8H2,1H3;3*1H;/q-1;;;;+4/p-3. The molecule has 23 heavy (non-hydrogen) atoms. The van der Waals surface area contributed by atoms with Crippen LogP contribution in [-0.2, 0) is 21.7 Å². The third-order valence-electron chi connectivity index (χ3n) is 3.54. The summed E-state index contributed by atoms with van der Waals surface area (Å²) in [6.07, 6.45) is 6.16. The van der Waals surface area contributed by atoms with Gasteiger partial charge in [0.25, 0.3) is 0 Å². The van der Waals surface area contributed by atoms with Gasteiger partial charge in [-0.3, -0.25) is 6.08 Å². The number of benzene rings is 2. The van der Waals surface area contributed by atoms with Gasteiger partial charge in [0.05, 0.1) is 9.52 Å². The molecule has 2 aromatic carbocycles. The molecule has 1 atom stereocenters. The smallest absolute Gasteiger partial charge is 1.00 e. The number of rotatable bonds is 4. The van der Waals surface area contributed by atoms with Crippen LogP contribution >= 0.6 is 0 Å². The van der Waals surface area contributed by atoms with Gasteiger partial charge in [0.1, 0.15) is 0 Å². The Morgan fingerprint density at radius 2 is 1.52 bits per heavy atom. The quantitative estimate of drug-likeness (QED) is 0.346. The third-order valence-corrected chi connectivity index (χ3v) is 4.83. The van der Waals surface area contributed by atoms with Gasteiger partial charge in [-0.25, -0.2) is 5.20 Å². The van der Waals surface area contributed by atoms with Crippen LogP contribution in [0.15, 0.2) is 54.6 Å². The minimum Gasteiger partial charge on any atom is -1.00 e. The van der Waals surface area contributed by atoms with E-state index in [0.717, 1.165) is 9.52 Å². The number of allylic oxidation sites excluding steroid dienone is 1. The Morgan fingerprint density at radius 3 is 2.17 bits per heavy atom. The molecule has 0 nitrogen and oxygen atoms in total. The summed E-state index contributed by atoms with van der Waals surface area (Å²) in [5.41, 5.74) is 2.89. The second-order valence-electron chi connectivity index (χ2n) is 4.94. The van der Waals surface area contributed by atoms with Gasteiger partial charge in [0.15, 0.2) is 0 Å².